The number of rotatable bonds is 2. The molecule has 0 N–H and O–H groups in total. The minimum Gasteiger partial charge on any atom is -0.497 e. The lowest BCUT2D eigenvalue weighted by atomic mass is 10.1. The van der Waals surface area contributed by atoms with Crippen LogP contribution in [0.1, 0.15) is 11.4 Å². The van der Waals surface area contributed by atoms with Crippen molar-refractivity contribution in [3.8, 4) is 16.9 Å². The first-order valence-electron chi connectivity index (χ1n) is 6.37. The van der Waals surface area contributed by atoms with Gasteiger partial charge < -0.3 is 4.74 Å². The average Bonchev–Trinajstić information content (AvgIpc) is 2.74. The minimum atomic E-state index is 0.514. The topological polar surface area (TPSA) is 39.4 Å². The quantitative estimate of drug-likeness (QED) is 0.705. The Bertz CT molecular complexity index is 819. The number of nitrogens with zero attached hydrogens (tertiary/aromatic N) is 3. The molecule has 0 amide bonds. The molecular formula is C15H13Cl2N3O. The second-order valence-corrected chi connectivity index (χ2v) is 5.58. The molecule has 1 aromatic carbocycles. The Morgan fingerprint density at radius 2 is 1.76 bits per heavy atom. The van der Waals surface area contributed by atoms with Crippen LogP contribution >= 0.6 is 23.2 Å². The van der Waals surface area contributed by atoms with Crippen LogP contribution in [0.3, 0.4) is 0 Å². The van der Waals surface area contributed by atoms with Crippen molar-refractivity contribution in [2.45, 2.75) is 13.8 Å². The Morgan fingerprint density at radius 3 is 2.38 bits per heavy atom. The molecule has 0 bridgehead atoms. The number of halogens is 2. The lowest BCUT2D eigenvalue weighted by Crippen LogP contribution is -1.92. The van der Waals surface area contributed by atoms with Gasteiger partial charge in [0.25, 0.3) is 0 Å². The number of benzene rings is 1. The van der Waals surface area contributed by atoms with Gasteiger partial charge in [-0.15, -0.1) is 0 Å². The molecule has 0 aliphatic carbocycles. The second kappa shape index (κ2) is 5.20. The number of ether oxygens (including phenoxy) is 1. The Labute approximate surface area is 132 Å². The predicted molar refractivity (Wildman–Crippen MR) is 84.5 cm³/mol. The monoisotopic (exact) mass is 321 g/mol. The molecule has 4 nitrogen and oxygen atoms in total. The maximum absolute atomic E-state index is 6.39. The molecule has 6 heteroatoms. The van der Waals surface area contributed by atoms with Gasteiger partial charge in [-0.05, 0) is 32.0 Å². The van der Waals surface area contributed by atoms with Crippen molar-refractivity contribution in [1.82, 2.24) is 14.6 Å². The van der Waals surface area contributed by atoms with E-state index in [1.807, 2.05) is 26.1 Å². The van der Waals surface area contributed by atoms with Crippen molar-refractivity contribution >= 4 is 28.8 Å². The molecule has 0 aliphatic rings. The van der Waals surface area contributed by atoms with Gasteiger partial charge >= 0.3 is 0 Å². The summed E-state index contributed by atoms with van der Waals surface area (Å²) in [4.78, 5) is 4.55. The third kappa shape index (κ3) is 2.34. The Hall–Kier alpha value is -1.78. The highest BCUT2D eigenvalue weighted by Gasteiger charge is 2.19. The molecule has 0 fully saturated rings. The van der Waals surface area contributed by atoms with Crippen LogP contribution in [0, 0.1) is 13.8 Å². The summed E-state index contributed by atoms with van der Waals surface area (Å²) in [5.41, 5.74) is 4.04. The molecule has 108 valence electrons. The van der Waals surface area contributed by atoms with Gasteiger partial charge in [-0.3, -0.25) is 0 Å². The summed E-state index contributed by atoms with van der Waals surface area (Å²) in [6.07, 6.45) is 1.87. The smallest absolute Gasteiger partial charge is 0.163 e. The lowest BCUT2D eigenvalue weighted by Gasteiger charge is -2.09. The van der Waals surface area contributed by atoms with Crippen LogP contribution in [0.15, 0.2) is 24.4 Å². The van der Waals surface area contributed by atoms with Crippen LogP contribution in [0.4, 0.5) is 0 Å². The van der Waals surface area contributed by atoms with E-state index in [1.165, 1.54) is 0 Å². The molecule has 0 saturated heterocycles. The summed E-state index contributed by atoms with van der Waals surface area (Å²) in [5, 5.41) is 5.49. The highest BCUT2D eigenvalue weighted by atomic mass is 35.5. The standard InChI is InChI=1S/C15H13Cl2N3O/c1-8-4-5-20-15(18-8)13(9(2)19-20)14-11(16)6-10(21-3)7-12(14)17/h4-7H,1-3H3. The highest BCUT2D eigenvalue weighted by Crippen LogP contribution is 2.40. The highest BCUT2D eigenvalue weighted by molar-refractivity contribution is 6.39. The first-order valence-corrected chi connectivity index (χ1v) is 7.13. The van der Waals surface area contributed by atoms with E-state index in [4.69, 9.17) is 27.9 Å². The lowest BCUT2D eigenvalue weighted by molar-refractivity contribution is 0.415. The second-order valence-electron chi connectivity index (χ2n) is 4.76. The summed E-state index contributed by atoms with van der Waals surface area (Å²) >= 11 is 12.8. The van der Waals surface area contributed by atoms with E-state index in [0.29, 0.717) is 15.8 Å². The predicted octanol–water partition coefficient (Wildman–Crippen LogP) is 4.33. The first kappa shape index (κ1) is 14.2. The Kier molecular flexibility index (Phi) is 3.51. The molecule has 2 aromatic heterocycles. The van der Waals surface area contributed by atoms with Crippen molar-refractivity contribution in [3.63, 3.8) is 0 Å². The normalized spacial score (nSPS) is 11.1. The van der Waals surface area contributed by atoms with Crippen LogP contribution < -0.4 is 4.74 Å². The molecule has 3 rings (SSSR count). The van der Waals surface area contributed by atoms with Crippen LogP contribution in [0.5, 0.6) is 5.75 Å². The number of hydrogen-bond donors (Lipinski definition) is 0. The molecule has 21 heavy (non-hydrogen) atoms. The Balaban J connectivity index is 2.35. The number of fused-ring (bicyclic) bond motifs is 1. The molecule has 0 unspecified atom stereocenters. The largest absolute Gasteiger partial charge is 0.497 e. The first-order chi connectivity index (χ1) is 10.0. The minimum absolute atomic E-state index is 0.514. The molecule has 0 aliphatic heterocycles. The van der Waals surface area contributed by atoms with E-state index in [0.717, 1.165) is 28.2 Å². The van der Waals surface area contributed by atoms with Gasteiger partial charge in [0, 0.05) is 17.5 Å². The fraction of sp³-hybridized carbons (Fsp3) is 0.200. The van der Waals surface area contributed by atoms with Crippen molar-refractivity contribution < 1.29 is 4.74 Å². The molecule has 2 heterocycles. The van der Waals surface area contributed by atoms with Gasteiger partial charge in [-0.1, -0.05) is 23.2 Å². The van der Waals surface area contributed by atoms with E-state index in [9.17, 15) is 0 Å². The molecule has 0 saturated carbocycles. The zero-order valence-corrected chi connectivity index (χ0v) is 13.3. The van der Waals surface area contributed by atoms with Crippen LogP contribution in [0.25, 0.3) is 16.8 Å². The fourth-order valence-electron chi connectivity index (χ4n) is 2.33. The van der Waals surface area contributed by atoms with Crippen molar-refractivity contribution in [2.24, 2.45) is 0 Å². The van der Waals surface area contributed by atoms with E-state index in [-0.39, 0.29) is 0 Å². The van der Waals surface area contributed by atoms with Gasteiger partial charge in [-0.2, -0.15) is 5.10 Å². The maximum atomic E-state index is 6.39. The van der Waals surface area contributed by atoms with Crippen molar-refractivity contribution in [2.75, 3.05) is 7.11 Å². The van der Waals surface area contributed by atoms with Crippen molar-refractivity contribution in [1.29, 1.82) is 0 Å². The summed E-state index contributed by atoms with van der Waals surface area (Å²) in [6, 6.07) is 5.38. The van der Waals surface area contributed by atoms with E-state index < -0.39 is 0 Å². The van der Waals surface area contributed by atoms with E-state index in [1.54, 1.807) is 23.8 Å². The third-order valence-electron chi connectivity index (χ3n) is 3.30. The molecule has 0 radical (unpaired) electrons. The van der Waals surface area contributed by atoms with Gasteiger partial charge in [-0.25, -0.2) is 9.50 Å². The van der Waals surface area contributed by atoms with Gasteiger partial charge in [0.1, 0.15) is 5.75 Å². The molecule has 0 atom stereocenters. The number of aromatic nitrogens is 3. The van der Waals surface area contributed by atoms with Crippen LogP contribution in [-0.4, -0.2) is 21.7 Å². The van der Waals surface area contributed by atoms with Gasteiger partial charge in [0.05, 0.1) is 28.4 Å². The average molecular weight is 322 g/mol. The summed E-state index contributed by atoms with van der Waals surface area (Å²) in [7, 11) is 1.58. The Morgan fingerprint density at radius 1 is 1.10 bits per heavy atom. The fourth-order valence-corrected chi connectivity index (χ4v) is 2.98. The van der Waals surface area contributed by atoms with Crippen molar-refractivity contribution in [3.05, 3.63) is 45.8 Å². The SMILES string of the molecule is COc1cc(Cl)c(-c2c(C)nn3ccc(C)nc23)c(Cl)c1. The molecule has 0 spiro atoms. The third-order valence-corrected chi connectivity index (χ3v) is 3.90. The van der Waals surface area contributed by atoms with Crippen LogP contribution in [-0.2, 0) is 0 Å². The summed E-state index contributed by atoms with van der Waals surface area (Å²) in [5.74, 6) is 0.618. The number of methoxy groups -OCH3 is 1. The molecule has 3 aromatic rings. The summed E-state index contributed by atoms with van der Waals surface area (Å²) in [6.45, 7) is 3.85. The molecular weight excluding hydrogens is 309 g/mol. The van der Waals surface area contributed by atoms with E-state index in [2.05, 4.69) is 10.1 Å². The maximum Gasteiger partial charge on any atom is 0.163 e. The number of aryl methyl sites for hydroxylation is 2. The van der Waals surface area contributed by atoms with Crippen LogP contribution in [0.2, 0.25) is 10.0 Å². The zero-order valence-electron chi connectivity index (χ0n) is 11.8. The summed E-state index contributed by atoms with van der Waals surface area (Å²) < 4.78 is 6.91. The van der Waals surface area contributed by atoms with Gasteiger partial charge in [0.15, 0.2) is 5.65 Å². The van der Waals surface area contributed by atoms with E-state index >= 15 is 0 Å². The van der Waals surface area contributed by atoms with Gasteiger partial charge in [0.2, 0.25) is 0 Å². The zero-order chi connectivity index (χ0) is 15.1. The number of hydrogen-bond acceptors (Lipinski definition) is 3.